The number of aryl methyl sites for hydroxylation is 1. The van der Waals surface area contributed by atoms with E-state index in [1.54, 1.807) is 11.6 Å². The van der Waals surface area contributed by atoms with Crippen LogP contribution in [0, 0.1) is 36.0 Å². The van der Waals surface area contributed by atoms with E-state index >= 15 is 0 Å². The van der Waals surface area contributed by atoms with Crippen LogP contribution in [0.1, 0.15) is 68.4 Å². The number of rotatable bonds is 4. The zero-order chi connectivity index (χ0) is 17.5. The zero-order valence-electron chi connectivity index (χ0n) is 15.5. The highest BCUT2D eigenvalue weighted by Crippen LogP contribution is 2.44. The van der Waals surface area contributed by atoms with E-state index < -0.39 is 0 Å². The highest BCUT2D eigenvalue weighted by atomic mass is 14.4. The molecule has 0 bridgehead atoms. The largest absolute Gasteiger partial charge is 0.193 e. The zero-order valence-corrected chi connectivity index (χ0v) is 15.5. The monoisotopic (exact) mass is 333 g/mol. The molecule has 0 amide bonds. The molecule has 2 aliphatic carbocycles. The SMILES string of the molecule is Cc1ccc(C2CCC(C3CCC(/C=C/C=C/C#N)CC3)CC2)cc1. The predicted octanol–water partition coefficient (Wildman–Crippen LogP) is 6.71. The number of nitriles is 1. The average Bonchev–Trinajstić information content (AvgIpc) is 2.67. The Kier molecular flexibility index (Phi) is 6.51. The fraction of sp³-hybridized carbons (Fsp3) is 0.542. The van der Waals surface area contributed by atoms with Crippen molar-refractivity contribution in [2.24, 2.45) is 17.8 Å². The molecule has 132 valence electrons. The second-order valence-electron chi connectivity index (χ2n) is 8.07. The van der Waals surface area contributed by atoms with Crippen LogP contribution in [0.25, 0.3) is 0 Å². The standard InChI is InChI=1S/C24H31N/c1-19-6-10-21(11-7-19)23-14-16-24(17-15-23)22-12-8-20(9-13-22)5-3-2-4-18-25/h2-7,10-11,20,22-24H,8-9,12-17H2,1H3/b4-2+,5-3+. The maximum atomic E-state index is 8.51. The van der Waals surface area contributed by atoms with Crippen LogP contribution >= 0.6 is 0 Å². The van der Waals surface area contributed by atoms with Crippen molar-refractivity contribution in [3.63, 3.8) is 0 Å². The van der Waals surface area contributed by atoms with E-state index in [2.05, 4.69) is 43.3 Å². The third-order valence-corrected chi connectivity index (χ3v) is 6.47. The van der Waals surface area contributed by atoms with Gasteiger partial charge in [0.2, 0.25) is 0 Å². The Morgan fingerprint density at radius 2 is 1.44 bits per heavy atom. The van der Waals surface area contributed by atoms with Crippen molar-refractivity contribution < 1.29 is 0 Å². The van der Waals surface area contributed by atoms with Crippen LogP contribution in [0.2, 0.25) is 0 Å². The second-order valence-corrected chi connectivity index (χ2v) is 8.07. The van der Waals surface area contributed by atoms with E-state index in [0.29, 0.717) is 0 Å². The van der Waals surface area contributed by atoms with Crippen molar-refractivity contribution in [3.05, 3.63) is 59.7 Å². The van der Waals surface area contributed by atoms with Crippen molar-refractivity contribution in [3.8, 4) is 6.07 Å². The third-order valence-electron chi connectivity index (χ3n) is 6.47. The molecule has 2 fully saturated rings. The van der Waals surface area contributed by atoms with Gasteiger partial charge in [0.05, 0.1) is 6.07 Å². The molecule has 1 nitrogen and oxygen atoms in total. The van der Waals surface area contributed by atoms with Crippen LogP contribution in [0.15, 0.2) is 48.6 Å². The first kappa shape index (κ1) is 18.0. The molecule has 2 saturated carbocycles. The molecule has 0 radical (unpaired) electrons. The first-order valence-corrected chi connectivity index (χ1v) is 10.1. The normalized spacial score (nSPS) is 30.6. The van der Waals surface area contributed by atoms with Crippen LogP contribution in [0.3, 0.4) is 0 Å². The minimum Gasteiger partial charge on any atom is -0.193 e. The second kappa shape index (κ2) is 9.04. The molecule has 0 saturated heterocycles. The van der Waals surface area contributed by atoms with Crippen LogP contribution in [0.5, 0.6) is 0 Å². The number of allylic oxidation sites excluding steroid dienone is 4. The maximum absolute atomic E-state index is 8.51. The van der Waals surface area contributed by atoms with Crippen molar-refractivity contribution in [2.45, 2.75) is 64.2 Å². The van der Waals surface area contributed by atoms with Crippen LogP contribution in [-0.4, -0.2) is 0 Å². The number of nitrogens with zero attached hydrogens (tertiary/aromatic N) is 1. The van der Waals surface area contributed by atoms with Gasteiger partial charge in [0.15, 0.2) is 0 Å². The lowest BCUT2D eigenvalue weighted by Crippen LogP contribution is -2.25. The molecule has 0 unspecified atom stereocenters. The van der Waals surface area contributed by atoms with E-state index in [1.165, 1.54) is 56.9 Å². The molecule has 0 aromatic heterocycles. The van der Waals surface area contributed by atoms with E-state index in [0.717, 1.165) is 23.7 Å². The Morgan fingerprint density at radius 3 is 2.04 bits per heavy atom. The fourth-order valence-corrected chi connectivity index (χ4v) is 4.89. The summed E-state index contributed by atoms with van der Waals surface area (Å²) in [5, 5.41) is 8.51. The number of hydrogen-bond donors (Lipinski definition) is 0. The number of hydrogen-bond acceptors (Lipinski definition) is 1. The van der Waals surface area contributed by atoms with Gasteiger partial charge in [-0.2, -0.15) is 5.26 Å². The molecule has 0 N–H and O–H groups in total. The topological polar surface area (TPSA) is 23.8 Å². The molecular formula is C24H31N. The lowest BCUT2D eigenvalue weighted by molar-refractivity contribution is 0.171. The predicted molar refractivity (Wildman–Crippen MR) is 105 cm³/mol. The maximum Gasteiger partial charge on any atom is 0.0912 e. The van der Waals surface area contributed by atoms with Gasteiger partial charge in [-0.1, -0.05) is 48.1 Å². The summed E-state index contributed by atoms with van der Waals surface area (Å²) >= 11 is 0. The van der Waals surface area contributed by atoms with Gasteiger partial charge in [0.1, 0.15) is 0 Å². The van der Waals surface area contributed by atoms with Gasteiger partial charge in [-0.15, -0.1) is 0 Å². The Hall–Kier alpha value is -1.81. The molecule has 0 atom stereocenters. The Labute approximate surface area is 153 Å². The first-order valence-electron chi connectivity index (χ1n) is 10.1. The Balaban J connectivity index is 1.43. The lowest BCUT2D eigenvalue weighted by atomic mass is 9.68. The van der Waals surface area contributed by atoms with Crippen molar-refractivity contribution in [2.75, 3.05) is 0 Å². The quantitative estimate of drug-likeness (QED) is 0.443. The van der Waals surface area contributed by atoms with E-state index in [9.17, 15) is 0 Å². The van der Waals surface area contributed by atoms with E-state index in [-0.39, 0.29) is 0 Å². The average molecular weight is 334 g/mol. The fourth-order valence-electron chi connectivity index (χ4n) is 4.89. The summed E-state index contributed by atoms with van der Waals surface area (Å²) in [6, 6.07) is 11.3. The molecule has 1 aromatic rings. The molecule has 2 aliphatic rings. The summed E-state index contributed by atoms with van der Waals surface area (Å²) in [5.74, 6) is 3.44. The highest BCUT2D eigenvalue weighted by molar-refractivity contribution is 5.24. The minimum atomic E-state index is 0.725. The lowest BCUT2D eigenvalue weighted by Gasteiger charge is -2.37. The van der Waals surface area contributed by atoms with Crippen molar-refractivity contribution >= 4 is 0 Å². The van der Waals surface area contributed by atoms with Gasteiger partial charge in [-0.05, 0) is 87.5 Å². The molecule has 1 heteroatoms. The molecule has 25 heavy (non-hydrogen) atoms. The smallest absolute Gasteiger partial charge is 0.0912 e. The summed E-state index contributed by atoms with van der Waals surface area (Å²) in [7, 11) is 0. The van der Waals surface area contributed by atoms with Crippen LogP contribution in [0.4, 0.5) is 0 Å². The van der Waals surface area contributed by atoms with E-state index in [1.807, 2.05) is 12.1 Å². The van der Waals surface area contributed by atoms with Gasteiger partial charge in [0.25, 0.3) is 0 Å². The van der Waals surface area contributed by atoms with Gasteiger partial charge < -0.3 is 0 Å². The molecule has 1 aromatic carbocycles. The molecule has 0 spiro atoms. The summed E-state index contributed by atoms with van der Waals surface area (Å²) in [6.07, 6.45) is 18.8. The van der Waals surface area contributed by atoms with Crippen molar-refractivity contribution in [1.82, 2.24) is 0 Å². The third kappa shape index (κ3) is 5.08. The van der Waals surface area contributed by atoms with Gasteiger partial charge >= 0.3 is 0 Å². The van der Waals surface area contributed by atoms with E-state index in [4.69, 9.17) is 5.26 Å². The summed E-state index contributed by atoms with van der Waals surface area (Å²) in [6.45, 7) is 2.17. The van der Waals surface area contributed by atoms with Crippen LogP contribution < -0.4 is 0 Å². The first-order chi connectivity index (χ1) is 12.3. The van der Waals surface area contributed by atoms with Gasteiger partial charge in [-0.3, -0.25) is 0 Å². The molecule has 0 heterocycles. The summed E-state index contributed by atoms with van der Waals surface area (Å²) in [4.78, 5) is 0. The van der Waals surface area contributed by atoms with Crippen LogP contribution in [-0.2, 0) is 0 Å². The van der Waals surface area contributed by atoms with Crippen molar-refractivity contribution in [1.29, 1.82) is 5.26 Å². The Morgan fingerprint density at radius 1 is 0.840 bits per heavy atom. The van der Waals surface area contributed by atoms with Gasteiger partial charge in [0, 0.05) is 6.08 Å². The minimum absolute atomic E-state index is 0.725. The highest BCUT2D eigenvalue weighted by Gasteiger charge is 2.30. The molecular weight excluding hydrogens is 302 g/mol. The summed E-state index contributed by atoms with van der Waals surface area (Å²) in [5.41, 5.74) is 2.93. The summed E-state index contributed by atoms with van der Waals surface area (Å²) < 4.78 is 0. The molecule has 0 aliphatic heterocycles. The Bertz CT molecular complexity index is 615. The molecule has 3 rings (SSSR count). The number of benzene rings is 1. The van der Waals surface area contributed by atoms with Gasteiger partial charge in [-0.25, -0.2) is 0 Å².